The molecule has 31 heavy (non-hydrogen) atoms. The number of nitrogens with zero attached hydrogens (tertiary/aromatic N) is 6. The molecule has 0 aliphatic carbocycles. The van der Waals surface area contributed by atoms with Gasteiger partial charge in [-0.3, -0.25) is 14.8 Å². The first-order valence-corrected chi connectivity index (χ1v) is 9.60. The number of halogens is 1. The average molecular weight is 410 g/mol. The molecule has 9 heteroatoms. The Labute approximate surface area is 174 Å². The van der Waals surface area contributed by atoms with Crippen LogP contribution in [0.15, 0.2) is 61.2 Å². The predicted octanol–water partition coefficient (Wildman–Crippen LogP) is 4.10. The molecule has 2 N–H and O–H groups in total. The normalized spacial score (nSPS) is 11.5. The fourth-order valence-electron chi connectivity index (χ4n) is 3.70. The molecule has 8 nitrogen and oxygen atoms in total. The van der Waals surface area contributed by atoms with Crippen LogP contribution < -0.4 is 0 Å². The molecular weight excluding hydrogens is 395 g/mol. The molecule has 0 radical (unpaired) electrons. The highest BCUT2D eigenvalue weighted by Gasteiger charge is 2.17. The molecule has 5 aromatic heterocycles. The molecule has 0 unspecified atom stereocenters. The van der Waals surface area contributed by atoms with Crippen molar-refractivity contribution in [3.05, 3.63) is 67.0 Å². The van der Waals surface area contributed by atoms with Crippen LogP contribution in [0.5, 0.6) is 0 Å². The van der Waals surface area contributed by atoms with Gasteiger partial charge in [-0.2, -0.15) is 10.2 Å². The van der Waals surface area contributed by atoms with Gasteiger partial charge in [-0.15, -0.1) is 0 Å². The minimum Gasteiger partial charge on any atom is -0.335 e. The minimum absolute atomic E-state index is 0.277. The van der Waals surface area contributed by atoms with Gasteiger partial charge >= 0.3 is 0 Å². The Morgan fingerprint density at radius 3 is 2.68 bits per heavy atom. The van der Waals surface area contributed by atoms with E-state index in [0.717, 1.165) is 38.8 Å². The molecule has 0 atom stereocenters. The highest BCUT2D eigenvalue weighted by Crippen LogP contribution is 2.31. The van der Waals surface area contributed by atoms with E-state index < -0.39 is 0 Å². The summed E-state index contributed by atoms with van der Waals surface area (Å²) in [5, 5.41) is 12.6. The molecule has 5 heterocycles. The van der Waals surface area contributed by atoms with Crippen molar-refractivity contribution in [3.8, 4) is 33.9 Å². The number of aromatic nitrogens is 8. The van der Waals surface area contributed by atoms with E-state index in [2.05, 4.69) is 35.2 Å². The third kappa shape index (κ3) is 2.86. The van der Waals surface area contributed by atoms with Crippen molar-refractivity contribution in [2.24, 2.45) is 7.05 Å². The molecular formula is C22H15FN8. The zero-order valence-electron chi connectivity index (χ0n) is 16.3. The van der Waals surface area contributed by atoms with E-state index in [-0.39, 0.29) is 5.82 Å². The van der Waals surface area contributed by atoms with Gasteiger partial charge in [-0.1, -0.05) is 12.1 Å². The summed E-state index contributed by atoms with van der Waals surface area (Å²) >= 11 is 0. The van der Waals surface area contributed by atoms with Gasteiger partial charge in [0.15, 0.2) is 11.5 Å². The second-order valence-corrected chi connectivity index (χ2v) is 7.24. The summed E-state index contributed by atoms with van der Waals surface area (Å²) in [5.74, 6) is 0.312. The molecule has 1 aromatic carbocycles. The topological polar surface area (TPSA) is 101 Å². The number of nitrogens with one attached hydrogen (secondary N) is 2. The maximum atomic E-state index is 13.4. The number of fused-ring (bicyclic) bond motifs is 2. The Hall–Kier alpha value is -4.40. The molecule has 0 fully saturated rings. The van der Waals surface area contributed by atoms with Crippen molar-refractivity contribution in [1.29, 1.82) is 0 Å². The fourth-order valence-corrected chi connectivity index (χ4v) is 3.70. The second kappa shape index (κ2) is 6.56. The molecule has 0 aliphatic rings. The average Bonchev–Trinajstić information content (AvgIpc) is 3.51. The minimum atomic E-state index is -0.277. The van der Waals surface area contributed by atoms with Gasteiger partial charge in [0.05, 0.1) is 29.1 Å². The van der Waals surface area contributed by atoms with E-state index in [0.29, 0.717) is 17.2 Å². The van der Waals surface area contributed by atoms with Gasteiger partial charge in [-0.25, -0.2) is 14.4 Å². The third-order valence-corrected chi connectivity index (χ3v) is 5.22. The number of H-pyrrole nitrogens is 2. The van der Waals surface area contributed by atoms with Gasteiger partial charge in [0, 0.05) is 36.0 Å². The van der Waals surface area contributed by atoms with Gasteiger partial charge < -0.3 is 4.98 Å². The van der Waals surface area contributed by atoms with Crippen LogP contribution in [0.2, 0.25) is 0 Å². The van der Waals surface area contributed by atoms with Crippen LogP contribution in [0.4, 0.5) is 4.39 Å². The van der Waals surface area contributed by atoms with Crippen LogP contribution in [0, 0.1) is 5.82 Å². The van der Waals surface area contributed by atoms with Crippen LogP contribution in [0.25, 0.3) is 56.0 Å². The van der Waals surface area contributed by atoms with Crippen molar-refractivity contribution in [3.63, 3.8) is 0 Å². The summed E-state index contributed by atoms with van der Waals surface area (Å²) in [5.41, 5.74) is 6.28. The van der Waals surface area contributed by atoms with Crippen molar-refractivity contribution in [2.75, 3.05) is 0 Å². The molecule has 0 bridgehead atoms. The molecule has 6 aromatic rings. The first-order valence-electron chi connectivity index (χ1n) is 9.60. The summed E-state index contributed by atoms with van der Waals surface area (Å²) in [7, 11) is 1.87. The lowest BCUT2D eigenvalue weighted by Crippen LogP contribution is -1.85. The smallest absolute Gasteiger partial charge is 0.178 e. The Kier molecular flexibility index (Phi) is 3.69. The number of hydrogen-bond donors (Lipinski definition) is 2. The maximum absolute atomic E-state index is 13.4. The lowest BCUT2D eigenvalue weighted by atomic mass is 10.1. The van der Waals surface area contributed by atoms with E-state index in [1.54, 1.807) is 35.4 Å². The molecule has 6 rings (SSSR count). The lowest BCUT2D eigenvalue weighted by Gasteiger charge is -2.02. The highest BCUT2D eigenvalue weighted by molar-refractivity contribution is 5.96. The van der Waals surface area contributed by atoms with E-state index >= 15 is 0 Å². The summed E-state index contributed by atoms with van der Waals surface area (Å²) in [6.07, 6.45) is 7.12. The maximum Gasteiger partial charge on any atom is 0.178 e. The molecule has 0 saturated heterocycles. The fraction of sp³-hybridized carbons (Fsp3) is 0.0455. The quantitative estimate of drug-likeness (QED) is 0.457. The summed E-state index contributed by atoms with van der Waals surface area (Å²) in [4.78, 5) is 16.9. The molecule has 0 spiro atoms. The van der Waals surface area contributed by atoms with E-state index in [1.807, 2.05) is 25.4 Å². The standard InChI is InChI=1S/C22H15FN8/c1-31-11-13(9-26-31)17-8-16-18(10-25-17)29-30-20(16)22-27-19-15(6-7-24-21(19)28-22)12-2-4-14(23)5-3-12/h2-11H,1H3,(H,29,30)(H,24,27,28). The van der Waals surface area contributed by atoms with Gasteiger partial charge in [-0.05, 0) is 29.8 Å². The largest absolute Gasteiger partial charge is 0.335 e. The van der Waals surface area contributed by atoms with E-state index in [4.69, 9.17) is 0 Å². The Morgan fingerprint density at radius 1 is 1.00 bits per heavy atom. The van der Waals surface area contributed by atoms with Crippen molar-refractivity contribution < 1.29 is 4.39 Å². The Morgan fingerprint density at radius 2 is 1.87 bits per heavy atom. The highest BCUT2D eigenvalue weighted by atomic mass is 19.1. The third-order valence-electron chi connectivity index (χ3n) is 5.22. The van der Waals surface area contributed by atoms with Crippen LogP contribution in [-0.2, 0) is 7.05 Å². The summed E-state index contributed by atoms with van der Waals surface area (Å²) < 4.78 is 15.1. The van der Waals surface area contributed by atoms with Gasteiger partial charge in [0.2, 0.25) is 0 Å². The lowest BCUT2D eigenvalue weighted by molar-refractivity contribution is 0.628. The number of aromatic amines is 2. The zero-order valence-corrected chi connectivity index (χ0v) is 16.3. The number of imidazole rings is 1. The second-order valence-electron chi connectivity index (χ2n) is 7.24. The van der Waals surface area contributed by atoms with Crippen LogP contribution in [0.1, 0.15) is 0 Å². The Balaban J connectivity index is 1.50. The number of aryl methyl sites for hydroxylation is 1. The number of hydrogen-bond acceptors (Lipinski definition) is 5. The summed E-state index contributed by atoms with van der Waals surface area (Å²) in [6, 6.07) is 10.2. The summed E-state index contributed by atoms with van der Waals surface area (Å²) in [6.45, 7) is 0. The van der Waals surface area contributed by atoms with Crippen LogP contribution in [-0.4, -0.2) is 39.9 Å². The van der Waals surface area contributed by atoms with Gasteiger partial charge in [0.1, 0.15) is 11.5 Å². The monoisotopic (exact) mass is 410 g/mol. The number of pyridine rings is 2. The number of benzene rings is 1. The van der Waals surface area contributed by atoms with Crippen molar-refractivity contribution >= 4 is 22.1 Å². The predicted molar refractivity (Wildman–Crippen MR) is 114 cm³/mol. The van der Waals surface area contributed by atoms with Gasteiger partial charge in [0.25, 0.3) is 0 Å². The molecule has 0 amide bonds. The molecule has 0 aliphatic heterocycles. The van der Waals surface area contributed by atoms with E-state index in [9.17, 15) is 4.39 Å². The van der Waals surface area contributed by atoms with E-state index in [1.165, 1.54) is 12.1 Å². The molecule has 0 saturated carbocycles. The SMILES string of the molecule is Cn1cc(-c2cc3c(-c4nc5nccc(-c6ccc(F)cc6)c5[nH]4)n[nH]c3cn2)cn1. The zero-order chi connectivity index (χ0) is 20.9. The van der Waals surface area contributed by atoms with Crippen molar-refractivity contribution in [1.82, 2.24) is 39.9 Å². The molecule has 150 valence electrons. The number of rotatable bonds is 3. The first kappa shape index (κ1) is 17.5. The van der Waals surface area contributed by atoms with Crippen molar-refractivity contribution in [2.45, 2.75) is 0 Å². The first-order chi connectivity index (χ1) is 15.2. The van der Waals surface area contributed by atoms with Crippen LogP contribution in [0.3, 0.4) is 0 Å². The van der Waals surface area contributed by atoms with Crippen LogP contribution >= 0.6 is 0 Å². The Bertz CT molecular complexity index is 1560.